The highest BCUT2D eigenvalue weighted by Crippen LogP contribution is 2.25. The van der Waals surface area contributed by atoms with Crippen LogP contribution in [0.2, 0.25) is 0 Å². The summed E-state index contributed by atoms with van der Waals surface area (Å²) in [6.45, 7) is 8.26. The molecule has 19 heavy (non-hydrogen) atoms. The molecule has 2 aliphatic rings. The van der Waals surface area contributed by atoms with Gasteiger partial charge in [-0.2, -0.15) is 0 Å². The topological polar surface area (TPSA) is 48.0 Å². The van der Waals surface area contributed by atoms with E-state index in [9.17, 15) is 4.79 Å². The summed E-state index contributed by atoms with van der Waals surface area (Å²) < 4.78 is 16.3. The molecular formula is C14H25NO4. The van der Waals surface area contributed by atoms with Gasteiger partial charge in [0.15, 0.2) is 0 Å². The molecule has 1 amide bonds. The second kappa shape index (κ2) is 6.09. The molecule has 0 aromatic rings. The monoisotopic (exact) mass is 271 g/mol. The van der Waals surface area contributed by atoms with Crippen LogP contribution in [-0.2, 0) is 14.2 Å². The zero-order valence-corrected chi connectivity index (χ0v) is 12.2. The Morgan fingerprint density at radius 2 is 2.11 bits per heavy atom. The molecule has 110 valence electrons. The van der Waals surface area contributed by atoms with Crippen molar-refractivity contribution in [3.8, 4) is 0 Å². The van der Waals surface area contributed by atoms with E-state index in [4.69, 9.17) is 14.2 Å². The summed E-state index contributed by atoms with van der Waals surface area (Å²) in [6, 6.07) is 0.126. The fraction of sp³-hybridized carbons (Fsp3) is 0.929. The summed E-state index contributed by atoms with van der Waals surface area (Å²) >= 11 is 0. The van der Waals surface area contributed by atoms with E-state index in [1.807, 2.05) is 20.8 Å². The average Bonchev–Trinajstić information content (AvgIpc) is 2.76. The van der Waals surface area contributed by atoms with Crippen LogP contribution in [0.4, 0.5) is 4.79 Å². The van der Waals surface area contributed by atoms with Crippen molar-refractivity contribution in [3.05, 3.63) is 0 Å². The third-order valence-corrected chi connectivity index (χ3v) is 3.47. The van der Waals surface area contributed by atoms with Crippen molar-refractivity contribution in [2.24, 2.45) is 5.92 Å². The second-order valence-corrected chi connectivity index (χ2v) is 6.42. The minimum atomic E-state index is -0.460. The number of rotatable bonds is 2. The molecule has 0 bridgehead atoms. The molecule has 0 aliphatic carbocycles. The van der Waals surface area contributed by atoms with Crippen molar-refractivity contribution in [2.75, 3.05) is 26.6 Å². The molecule has 5 nitrogen and oxygen atoms in total. The van der Waals surface area contributed by atoms with Crippen LogP contribution in [0.25, 0.3) is 0 Å². The minimum absolute atomic E-state index is 0.126. The van der Waals surface area contributed by atoms with E-state index in [0.29, 0.717) is 19.3 Å². The highest BCUT2D eigenvalue weighted by atomic mass is 16.6. The molecule has 5 heteroatoms. The maximum Gasteiger partial charge on any atom is 0.412 e. The van der Waals surface area contributed by atoms with Crippen LogP contribution in [-0.4, -0.2) is 49.2 Å². The Hall–Kier alpha value is -0.810. The van der Waals surface area contributed by atoms with Crippen molar-refractivity contribution in [3.63, 3.8) is 0 Å². The molecule has 2 rings (SSSR count). The molecule has 2 heterocycles. The molecule has 0 aromatic heterocycles. The van der Waals surface area contributed by atoms with E-state index in [0.717, 1.165) is 26.1 Å². The van der Waals surface area contributed by atoms with Crippen LogP contribution in [0.15, 0.2) is 0 Å². The molecule has 2 atom stereocenters. The first-order valence-electron chi connectivity index (χ1n) is 7.11. The van der Waals surface area contributed by atoms with E-state index in [2.05, 4.69) is 0 Å². The summed E-state index contributed by atoms with van der Waals surface area (Å²) in [5.74, 6) is 0.533. The number of nitrogens with zero attached hydrogens (tertiary/aromatic N) is 1. The molecule has 2 saturated heterocycles. The van der Waals surface area contributed by atoms with Crippen LogP contribution in [0.1, 0.15) is 40.0 Å². The normalized spacial score (nSPS) is 28.5. The lowest BCUT2D eigenvalue weighted by Crippen LogP contribution is -2.42. The van der Waals surface area contributed by atoms with Crippen molar-refractivity contribution < 1.29 is 19.0 Å². The van der Waals surface area contributed by atoms with Crippen LogP contribution < -0.4 is 0 Å². The zero-order chi connectivity index (χ0) is 13.9. The third kappa shape index (κ3) is 4.35. The molecule has 0 aromatic carbocycles. The van der Waals surface area contributed by atoms with Gasteiger partial charge in [-0.05, 0) is 46.0 Å². The molecular weight excluding hydrogens is 246 g/mol. The summed E-state index contributed by atoms with van der Waals surface area (Å²) in [7, 11) is 0. The molecule has 0 radical (unpaired) electrons. The first kappa shape index (κ1) is 14.6. The van der Waals surface area contributed by atoms with Gasteiger partial charge in [0, 0.05) is 13.2 Å². The van der Waals surface area contributed by atoms with Gasteiger partial charge in [-0.1, -0.05) is 0 Å². The molecule has 0 spiro atoms. The fourth-order valence-electron chi connectivity index (χ4n) is 2.58. The van der Waals surface area contributed by atoms with E-state index in [1.54, 1.807) is 4.90 Å². The predicted octanol–water partition coefficient (Wildman–Crippen LogP) is 2.40. The Morgan fingerprint density at radius 1 is 1.32 bits per heavy atom. The lowest BCUT2D eigenvalue weighted by Gasteiger charge is -2.30. The summed E-state index contributed by atoms with van der Waals surface area (Å²) in [6.07, 6.45) is 2.97. The third-order valence-electron chi connectivity index (χ3n) is 3.47. The van der Waals surface area contributed by atoms with E-state index >= 15 is 0 Å². The number of hydrogen-bond donors (Lipinski definition) is 0. The predicted molar refractivity (Wildman–Crippen MR) is 70.8 cm³/mol. The first-order valence-corrected chi connectivity index (χ1v) is 7.11. The van der Waals surface area contributed by atoms with Gasteiger partial charge >= 0.3 is 6.09 Å². The number of amides is 1. The van der Waals surface area contributed by atoms with Gasteiger partial charge in [0.2, 0.25) is 0 Å². The highest BCUT2D eigenvalue weighted by molar-refractivity contribution is 5.68. The average molecular weight is 271 g/mol. The Kier molecular flexibility index (Phi) is 4.68. The van der Waals surface area contributed by atoms with Gasteiger partial charge in [-0.25, -0.2) is 4.79 Å². The van der Waals surface area contributed by atoms with Crippen LogP contribution in [0.3, 0.4) is 0 Å². The minimum Gasteiger partial charge on any atom is -0.444 e. The summed E-state index contributed by atoms with van der Waals surface area (Å²) in [4.78, 5) is 13.8. The molecule has 0 N–H and O–H groups in total. The maximum absolute atomic E-state index is 12.1. The van der Waals surface area contributed by atoms with E-state index < -0.39 is 5.60 Å². The lowest BCUT2D eigenvalue weighted by atomic mass is 9.94. The van der Waals surface area contributed by atoms with Crippen LogP contribution in [0.5, 0.6) is 0 Å². The van der Waals surface area contributed by atoms with Crippen molar-refractivity contribution in [2.45, 2.75) is 51.7 Å². The SMILES string of the molecule is CC(C)(C)OC(=O)N1COC[C@@H]1C[C@@H]1CCCOC1. The molecule has 2 aliphatic heterocycles. The first-order chi connectivity index (χ1) is 8.96. The van der Waals surface area contributed by atoms with Crippen molar-refractivity contribution in [1.29, 1.82) is 0 Å². The Labute approximate surface area is 115 Å². The van der Waals surface area contributed by atoms with Gasteiger partial charge in [0.25, 0.3) is 0 Å². The quantitative estimate of drug-likeness (QED) is 0.773. The molecule has 0 saturated carbocycles. The number of carbonyl (C=O) groups is 1. The van der Waals surface area contributed by atoms with Crippen molar-refractivity contribution in [1.82, 2.24) is 4.90 Å². The largest absolute Gasteiger partial charge is 0.444 e. The van der Waals surface area contributed by atoms with E-state index in [1.165, 1.54) is 6.42 Å². The standard InChI is InChI=1S/C14H25NO4/c1-14(2,3)19-13(16)15-10-18-9-12(15)7-11-5-4-6-17-8-11/h11-12H,4-10H2,1-3H3/t11-,12-/m0/s1. The highest BCUT2D eigenvalue weighted by Gasteiger charge is 2.34. The van der Waals surface area contributed by atoms with Gasteiger partial charge < -0.3 is 14.2 Å². The Morgan fingerprint density at radius 3 is 2.74 bits per heavy atom. The van der Waals surface area contributed by atoms with Gasteiger partial charge in [0.05, 0.1) is 12.6 Å². The van der Waals surface area contributed by atoms with E-state index in [-0.39, 0.29) is 12.1 Å². The summed E-state index contributed by atoms with van der Waals surface area (Å²) in [5, 5.41) is 0. The van der Waals surface area contributed by atoms with Crippen molar-refractivity contribution >= 4 is 6.09 Å². The number of ether oxygens (including phenoxy) is 3. The van der Waals surface area contributed by atoms with Crippen LogP contribution >= 0.6 is 0 Å². The second-order valence-electron chi connectivity index (χ2n) is 6.42. The van der Waals surface area contributed by atoms with Gasteiger partial charge in [0.1, 0.15) is 12.3 Å². The van der Waals surface area contributed by atoms with Crippen LogP contribution in [0, 0.1) is 5.92 Å². The van der Waals surface area contributed by atoms with Gasteiger partial charge in [-0.15, -0.1) is 0 Å². The number of hydrogen-bond acceptors (Lipinski definition) is 4. The summed E-state index contributed by atoms with van der Waals surface area (Å²) in [5.41, 5.74) is -0.460. The van der Waals surface area contributed by atoms with Gasteiger partial charge in [-0.3, -0.25) is 4.90 Å². The number of carbonyl (C=O) groups excluding carboxylic acids is 1. The smallest absolute Gasteiger partial charge is 0.412 e. The zero-order valence-electron chi connectivity index (χ0n) is 12.2. The lowest BCUT2D eigenvalue weighted by molar-refractivity contribution is 0.00948. The Balaban J connectivity index is 1.87. The molecule has 0 unspecified atom stereocenters. The molecule has 2 fully saturated rings. The fourth-order valence-corrected chi connectivity index (χ4v) is 2.58. The Bertz CT molecular complexity index is 307. The maximum atomic E-state index is 12.1.